The molecule has 3 rings (SSSR count). The summed E-state index contributed by atoms with van der Waals surface area (Å²) in [4.78, 5) is 0.242. The summed E-state index contributed by atoms with van der Waals surface area (Å²) in [5, 5.41) is 12.8. The number of hydrogen-bond donors (Lipinski definition) is 2. The zero-order valence-electron chi connectivity index (χ0n) is 15.4. The highest BCUT2D eigenvalue weighted by atomic mass is 35.5. The topological polar surface area (TPSA) is 69.6 Å². The third-order valence-corrected chi connectivity index (χ3v) is 7.01. The monoisotopic (exact) mass is 408 g/mol. The molecule has 1 heterocycles. The van der Waals surface area contributed by atoms with Crippen LogP contribution in [0, 0.1) is 0 Å². The van der Waals surface area contributed by atoms with Crippen LogP contribution in [-0.2, 0) is 10.0 Å². The third-order valence-electron chi connectivity index (χ3n) is 4.95. The van der Waals surface area contributed by atoms with Gasteiger partial charge in [0.2, 0.25) is 0 Å². The fraction of sp³-hybridized carbons (Fsp3) is 0.400. The number of fused-ring (bicyclic) bond motifs is 2. The summed E-state index contributed by atoms with van der Waals surface area (Å²) in [5.41, 5.74) is 2.31. The van der Waals surface area contributed by atoms with Crippen LogP contribution in [0.3, 0.4) is 0 Å². The fourth-order valence-electron chi connectivity index (χ4n) is 3.49. The largest absolute Gasteiger partial charge is 0.396 e. The van der Waals surface area contributed by atoms with Gasteiger partial charge in [0.1, 0.15) is 0 Å². The molecule has 0 saturated heterocycles. The number of hydrogen-bond acceptors (Lipinski definition) is 4. The van der Waals surface area contributed by atoms with Crippen LogP contribution in [0.2, 0.25) is 5.02 Å². The Morgan fingerprint density at radius 3 is 2.59 bits per heavy atom. The maximum atomic E-state index is 13.1. The number of aliphatic hydroxyl groups is 1. The maximum absolute atomic E-state index is 13.1. The van der Waals surface area contributed by atoms with Gasteiger partial charge in [-0.25, -0.2) is 8.42 Å². The van der Waals surface area contributed by atoms with Crippen molar-refractivity contribution in [1.29, 1.82) is 0 Å². The molecule has 0 radical (unpaired) electrons. The highest BCUT2D eigenvalue weighted by molar-refractivity contribution is 7.92. The molecule has 146 valence electrons. The second-order valence-corrected chi connectivity index (χ2v) is 9.11. The minimum absolute atomic E-state index is 0.224. The first kappa shape index (κ1) is 20.1. The van der Waals surface area contributed by atoms with Gasteiger partial charge in [-0.3, -0.25) is 4.31 Å². The van der Waals surface area contributed by atoms with Crippen molar-refractivity contribution in [1.82, 2.24) is 5.32 Å². The van der Waals surface area contributed by atoms with Crippen molar-refractivity contribution in [2.75, 3.05) is 24.5 Å². The minimum atomic E-state index is -3.69. The molecule has 0 spiro atoms. The number of sulfonamides is 1. The number of nitrogens with one attached hydrogen (secondary N) is 1. The summed E-state index contributed by atoms with van der Waals surface area (Å²) in [6.07, 6.45) is 3.79. The fourth-order valence-corrected chi connectivity index (χ4v) is 5.21. The van der Waals surface area contributed by atoms with E-state index < -0.39 is 10.0 Å². The van der Waals surface area contributed by atoms with Crippen molar-refractivity contribution >= 4 is 27.3 Å². The number of unbranched alkanes of at least 4 members (excludes halogenated alkanes) is 3. The lowest BCUT2D eigenvalue weighted by molar-refractivity contribution is 0.282. The lowest BCUT2D eigenvalue weighted by atomic mass is 9.96. The molecular weight excluding hydrogens is 384 g/mol. The van der Waals surface area contributed by atoms with Crippen LogP contribution in [0.5, 0.6) is 0 Å². The van der Waals surface area contributed by atoms with Gasteiger partial charge in [-0.15, -0.1) is 0 Å². The van der Waals surface area contributed by atoms with Crippen molar-refractivity contribution in [2.45, 2.75) is 36.6 Å². The van der Waals surface area contributed by atoms with Crippen molar-refractivity contribution in [3.05, 3.63) is 58.6 Å². The highest BCUT2D eigenvalue weighted by Gasteiger charge is 2.34. The third kappa shape index (κ3) is 4.14. The van der Waals surface area contributed by atoms with Crippen LogP contribution in [0.15, 0.2) is 47.4 Å². The smallest absolute Gasteiger partial charge is 0.264 e. The number of anilines is 1. The molecule has 1 aliphatic heterocycles. The number of nitrogens with zero attached hydrogens (tertiary/aromatic N) is 1. The van der Waals surface area contributed by atoms with E-state index in [0.717, 1.165) is 37.8 Å². The molecule has 1 aliphatic rings. The number of aliphatic hydroxyl groups excluding tert-OH is 1. The molecule has 1 atom stereocenters. The number of benzene rings is 2. The molecule has 0 amide bonds. The van der Waals surface area contributed by atoms with E-state index in [4.69, 9.17) is 16.7 Å². The van der Waals surface area contributed by atoms with Gasteiger partial charge in [0.25, 0.3) is 10.0 Å². The van der Waals surface area contributed by atoms with Gasteiger partial charge >= 0.3 is 0 Å². The van der Waals surface area contributed by atoms with Gasteiger partial charge in [-0.1, -0.05) is 48.7 Å². The molecule has 7 heteroatoms. The quantitative estimate of drug-likeness (QED) is 0.685. The average molecular weight is 409 g/mol. The Morgan fingerprint density at radius 1 is 1.07 bits per heavy atom. The van der Waals surface area contributed by atoms with Crippen molar-refractivity contribution < 1.29 is 13.5 Å². The molecule has 0 aromatic heterocycles. The Labute approximate surface area is 166 Å². The highest BCUT2D eigenvalue weighted by Crippen LogP contribution is 2.40. The van der Waals surface area contributed by atoms with Crippen LogP contribution in [0.25, 0.3) is 0 Å². The van der Waals surface area contributed by atoms with E-state index in [1.807, 2.05) is 24.3 Å². The van der Waals surface area contributed by atoms with E-state index in [-0.39, 0.29) is 17.5 Å². The molecule has 1 unspecified atom stereocenters. The van der Waals surface area contributed by atoms with Crippen LogP contribution in [-0.4, -0.2) is 33.7 Å². The molecule has 2 N–H and O–H groups in total. The van der Waals surface area contributed by atoms with Crippen LogP contribution < -0.4 is 9.62 Å². The number of para-hydroxylation sites is 1. The summed E-state index contributed by atoms with van der Waals surface area (Å²) in [6, 6.07) is 12.4. The van der Waals surface area contributed by atoms with Gasteiger partial charge in [0, 0.05) is 18.7 Å². The standard InChI is InChI=1S/C20H25ClN2O3S/c1-23-18-9-5-4-8-16(18)20(22-12-6-2-3-7-13-24)17-11-10-15(21)14-19(17)27(23,25)26/h4-5,8-11,14,20,22,24H,2-3,6-7,12-13H2,1H3. The van der Waals surface area contributed by atoms with Gasteiger partial charge in [-0.2, -0.15) is 0 Å². The van der Waals surface area contributed by atoms with Gasteiger partial charge in [0.05, 0.1) is 16.6 Å². The summed E-state index contributed by atoms with van der Waals surface area (Å²) < 4.78 is 27.6. The summed E-state index contributed by atoms with van der Waals surface area (Å²) >= 11 is 6.12. The molecule has 0 saturated carbocycles. The molecule has 0 aliphatic carbocycles. The molecule has 27 heavy (non-hydrogen) atoms. The van der Waals surface area contributed by atoms with Gasteiger partial charge in [-0.05, 0) is 48.7 Å². The molecule has 0 bridgehead atoms. The lowest BCUT2D eigenvalue weighted by Crippen LogP contribution is -2.26. The second kappa shape index (κ2) is 8.61. The molecule has 0 fully saturated rings. The lowest BCUT2D eigenvalue weighted by Gasteiger charge is -2.22. The van der Waals surface area contributed by atoms with E-state index in [1.54, 1.807) is 19.2 Å². The van der Waals surface area contributed by atoms with E-state index in [0.29, 0.717) is 16.3 Å². The van der Waals surface area contributed by atoms with Crippen LogP contribution >= 0.6 is 11.6 Å². The predicted octanol–water partition coefficient (Wildman–Crippen LogP) is 3.71. The Morgan fingerprint density at radius 2 is 1.81 bits per heavy atom. The normalized spacial score (nSPS) is 17.9. The Bertz CT molecular complexity index is 902. The summed E-state index contributed by atoms with van der Waals surface area (Å²) in [6.45, 7) is 0.984. The summed E-state index contributed by atoms with van der Waals surface area (Å²) in [5.74, 6) is 0. The first-order valence-corrected chi connectivity index (χ1v) is 11.0. The average Bonchev–Trinajstić information content (AvgIpc) is 2.73. The number of rotatable bonds is 7. The van der Waals surface area contributed by atoms with E-state index in [1.165, 1.54) is 10.4 Å². The molecule has 2 aromatic rings. The molecular formula is C20H25ClN2O3S. The second-order valence-electron chi connectivity index (χ2n) is 6.74. The van der Waals surface area contributed by atoms with Crippen molar-refractivity contribution in [3.63, 3.8) is 0 Å². The zero-order valence-corrected chi connectivity index (χ0v) is 16.9. The van der Waals surface area contributed by atoms with Crippen molar-refractivity contribution in [2.24, 2.45) is 0 Å². The van der Waals surface area contributed by atoms with Crippen LogP contribution in [0.4, 0.5) is 5.69 Å². The molecule has 5 nitrogen and oxygen atoms in total. The Balaban J connectivity index is 1.98. The maximum Gasteiger partial charge on any atom is 0.264 e. The first-order chi connectivity index (χ1) is 13.0. The zero-order chi connectivity index (χ0) is 19.4. The van der Waals surface area contributed by atoms with Gasteiger partial charge in [0.15, 0.2) is 0 Å². The first-order valence-electron chi connectivity index (χ1n) is 9.18. The molecule has 2 aromatic carbocycles. The van der Waals surface area contributed by atoms with E-state index in [9.17, 15) is 8.42 Å². The SMILES string of the molecule is CN1c2ccccc2C(NCCCCCCO)c2ccc(Cl)cc2S1(=O)=O. The van der Waals surface area contributed by atoms with Gasteiger partial charge < -0.3 is 10.4 Å². The Kier molecular flexibility index (Phi) is 6.42. The Hall–Kier alpha value is -1.60. The van der Waals surface area contributed by atoms with E-state index >= 15 is 0 Å². The van der Waals surface area contributed by atoms with Crippen LogP contribution in [0.1, 0.15) is 42.9 Å². The van der Waals surface area contributed by atoms with Crippen molar-refractivity contribution in [3.8, 4) is 0 Å². The summed E-state index contributed by atoms with van der Waals surface area (Å²) in [7, 11) is -2.11. The predicted molar refractivity (Wildman–Crippen MR) is 109 cm³/mol. The minimum Gasteiger partial charge on any atom is -0.396 e. The van der Waals surface area contributed by atoms with E-state index in [2.05, 4.69) is 5.32 Å². The number of halogens is 1.